The fraction of sp³-hybridized carbons (Fsp3) is 0.214. The molecule has 0 aliphatic carbocycles. The van der Waals surface area contributed by atoms with Gasteiger partial charge in [-0.05, 0) is 69.0 Å². The molecule has 9 heteroatoms. The first-order valence-corrected chi connectivity index (χ1v) is 11.8. The molecule has 0 radical (unpaired) electrons. The number of para-hydroxylation sites is 1. The lowest BCUT2D eigenvalue weighted by Crippen LogP contribution is -2.32. The number of nitro benzene ring substituents is 1. The highest BCUT2D eigenvalue weighted by atomic mass is 16.6. The molecule has 0 saturated carbocycles. The van der Waals surface area contributed by atoms with E-state index in [1.165, 1.54) is 29.2 Å². The van der Waals surface area contributed by atoms with Crippen molar-refractivity contribution >= 4 is 23.1 Å². The van der Waals surface area contributed by atoms with E-state index in [1.807, 2.05) is 49.3 Å². The van der Waals surface area contributed by atoms with Crippen LogP contribution >= 0.6 is 0 Å². The second-order valence-electron chi connectivity index (χ2n) is 8.94. The third-order valence-electron chi connectivity index (χ3n) is 6.05. The molecular formula is C28H27N3O6. The van der Waals surface area contributed by atoms with Crippen molar-refractivity contribution in [2.75, 3.05) is 27.2 Å². The first-order chi connectivity index (χ1) is 17.8. The Morgan fingerprint density at radius 2 is 1.68 bits per heavy atom. The van der Waals surface area contributed by atoms with Crippen molar-refractivity contribution in [3.63, 3.8) is 0 Å². The van der Waals surface area contributed by atoms with E-state index >= 15 is 0 Å². The van der Waals surface area contributed by atoms with Gasteiger partial charge in [0, 0.05) is 24.2 Å². The van der Waals surface area contributed by atoms with E-state index in [1.54, 1.807) is 24.3 Å². The summed E-state index contributed by atoms with van der Waals surface area (Å²) in [5.41, 5.74) is 0.586. The summed E-state index contributed by atoms with van der Waals surface area (Å²) in [6.45, 7) is 1.00. The van der Waals surface area contributed by atoms with E-state index in [-0.39, 0.29) is 22.6 Å². The fourth-order valence-electron chi connectivity index (χ4n) is 4.28. The SMILES string of the molecule is CN(C)CCCN1C(=O)C(=O)/C(=C(/O)c2ccc([N+](=O)[O-])cc2)C1c1cccc(Oc2ccccc2)c1. The fourth-order valence-corrected chi connectivity index (χ4v) is 4.28. The predicted molar refractivity (Wildman–Crippen MR) is 138 cm³/mol. The van der Waals surface area contributed by atoms with Crippen molar-refractivity contribution in [1.82, 2.24) is 9.80 Å². The minimum atomic E-state index is -0.850. The summed E-state index contributed by atoms with van der Waals surface area (Å²) in [4.78, 5) is 40.3. The Hall–Kier alpha value is -4.50. The van der Waals surface area contributed by atoms with Crippen molar-refractivity contribution in [2.24, 2.45) is 0 Å². The van der Waals surface area contributed by atoms with E-state index in [0.717, 1.165) is 0 Å². The van der Waals surface area contributed by atoms with Crippen molar-refractivity contribution in [3.05, 3.63) is 106 Å². The van der Waals surface area contributed by atoms with Crippen LogP contribution in [0.2, 0.25) is 0 Å². The number of amides is 1. The van der Waals surface area contributed by atoms with Gasteiger partial charge in [0.25, 0.3) is 17.4 Å². The van der Waals surface area contributed by atoms with Gasteiger partial charge in [-0.1, -0.05) is 30.3 Å². The molecule has 1 saturated heterocycles. The molecule has 1 aliphatic rings. The van der Waals surface area contributed by atoms with E-state index in [9.17, 15) is 24.8 Å². The van der Waals surface area contributed by atoms with Crippen LogP contribution in [-0.4, -0.2) is 58.7 Å². The first kappa shape index (κ1) is 25.6. The summed E-state index contributed by atoms with van der Waals surface area (Å²) in [5.74, 6) is -0.757. The second-order valence-corrected chi connectivity index (χ2v) is 8.94. The zero-order valence-electron chi connectivity index (χ0n) is 20.5. The second kappa shape index (κ2) is 11.0. The molecule has 1 amide bonds. The molecule has 1 N–H and O–H groups in total. The highest BCUT2D eigenvalue weighted by molar-refractivity contribution is 6.46. The van der Waals surface area contributed by atoms with Gasteiger partial charge in [-0.3, -0.25) is 19.7 Å². The molecule has 0 aromatic heterocycles. The average molecular weight is 502 g/mol. The zero-order valence-corrected chi connectivity index (χ0v) is 20.5. The number of aliphatic hydroxyl groups is 1. The maximum absolute atomic E-state index is 13.2. The molecule has 1 heterocycles. The average Bonchev–Trinajstić information content (AvgIpc) is 3.14. The summed E-state index contributed by atoms with van der Waals surface area (Å²) < 4.78 is 5.96. The third kappa shape index (κ3) is 5.68. The molecule has 0 bridgehead atoms. The highest BCUT2D eigenvalue weighted by Gasteiger charge is 2.46. The van der Waals surface area contributed by atoms with Gasteiger partial charge in [0.15, 0.2) is 0 Å². The quantitative estimate of drug-likeness (QED) is 0.148. The van der Waals surface area contributed by atoms with Crippen LogP contribution in [0.1, 0.15) is 23.6 Å². The van der Waals surface area contributed by atoms with Crippen molar-refractivity contribution in [1.29, 1.82) is 0 Å². The van der Waals surface area contributed by atoms with Crippen LogP contribution in [0.15, 0.2) is 84.4 Å². The number of hydrogen-bond acceptors (Lipinski definition) is 7. The largest absolute Gasteiger partial charge is 0.507 e. The van der Waals surface area contributed by atoms with Gasteiger partial charge in [0.2, 0.25) is 0 Å². The summed E-state index contributed by atoms with van der Waals surface area (Å²) in [7, 11) is 3.84. The number of aliphatic hydroxyl groups excluding tert-OH is 1. The molecule has 0 spiro atoms. The number of hydrogen-bond donors (Lipinski definition) is 1. The lowest BCUT2D eigenvalue weighted by molar-refractivity contribution is -0.384. The molecule has 9 nitrogen and oxygen atoms in total. The monoisotopic (exact) mass is 501 g/mol. The van der Waals surface area contributed by atoms with Gasteiger partial charge < -0.3 is 19.6 Å². The van der Waals surface area contributed by atoms with Crippen LogP contribution in [0.4, 0.5) is 5.69 Å². The number of benzene rings is 3. The number of ketones is 1. The van der Waals surface area contributed by atoms with Gasteiger partial charge in [-0.25, -0.2) is 0 Å². The molecule has 3 aromatic carbocycles. The Morgan fingerprint density at radius 3 is 2.32 bits per heavy atom. The zero-order chi connectivity index (χ0) is 26.5. The van der Waals surface area contributed by atoms with Gasteiger partial charge in [-0.2, -0.15) is 0 Å². The first-order valence-electron chi connectivity index (χ1n) is 11.8. The van der Waals surface area contributed by atoms with E-state index in [4.69, 9.17) is 4.74 Å². The van der Waals surface area contributed by atoms with E-state index < -0.39 is 22.7 Å². The van der Waals surface area contributed by atoms with Crippen LogP contribution in [-0.2, 0) is 9.59 Å². The van der Waals surface area contributed by atoms with Crippen molar-refractivity contribution in [3.8, 4) is 11.5 Å². The molecule has 37 heavy (non-hydrogen) atoms. The minimum absolute atomic E-state index is 0.0689. The molecule has 190 valence electrons. The molecule has 3 aromatic rings. The number of likely N-dealkylation sites (tertiary alicyclic amines) is 1. The lowest BCUT2D eigenvalue weighted by Gasteiger charge is -2.26. The standard InChI is InChI=1S/C28H27N3O6/c1-29(2)16-7-17-30-25(20-8-6-11-23(18-20)37-22-9-4-3-5-10-22)24(27(33)28(30)34)26(32)19-12-14-21(15-13-19)31(35)36/h3-6,8-15,18,25,32H,7,16-17H2,1-2H3/b26-24+. The number of nitrogens with zero attached hydrogens (tertiary/aromatic N) is 3. The predicted octanol–water partition coefficient (Wildman–Crippen LogP) is 4.76. The summed E-state index contributed by atoms with van der Waals surface area (Å²) in [5, 5.41) is 22.2. The lowest BCUT2D eigenvalue weighted by atomic mass is 9.95. The maximum Gasteiger partial charge on any atom is 0.295 e. The topological polar surface area (TPSA) is 113 Å². The van der Waals surface area contributed by atoms with Crippen LogP contribution in [0.3, 0.4) is 0 Å². The Morgan fingerprint density at radius 1 is 1.00 bits per heavy atom. The number of carbonyl (C=O) groups excluding carboxylic acids is 2. The summed E-state index contributed by atoms with van der Waals surface area (Å²) >= 11 is 0. The van der Waals surface area contributed by atoms with Crippen molar-refractivity contribution in [2.45, 2.75) is 12.5 Å². The summed E-state index contributed by atoms with van der Waals surface area (Å²) in [6.07, 6.45) is 0.619. The third-order valence-corrected chi connectivity index (χ3v) is 6.05. The number of carbonyl (C=O) groups is 2. The van der Waals surface area contributed by atoms with Gasteiger partial charge in [0.05, 0.1) is 16.5 Å². The number of rotatable bonds is 9. The Bertz CT molecular complexity index is 1340. The van der Waals surface area contributed by atoms with Gasteiger partial charge in [-0.15, -0.1) is 0 Å². The van der Waals surface area contributed by atoms with E-state index in [2.05, 4.69) is 0 Å². The van der Waals surface area contributed by atoms with Crippen LogP contribution in [0.25, 0.3) is 5.76 Å². The number of ether oxygens (including phenoxy) is 1. The molecule has 1 unspecified atom stereocenters. The Balaban J connectivity index is 1.77. The molecule has 1 aliphatic heterocycles. The van der Waals surface area contributed by atoms with Crippen molar-refractivity contribution < 1.29 is 24.4 Å². The number of Topliss-reactive ketones (excluding diaryl/α,β-unsaturated/α-hetero) is 1. The highest BCUT2D eigenvalue weighted by Crippen LogP contribution is 2.40. The Kier molecular flexibility index (Phi) is 7.64. The molecule has 1 atom stereocenters. The van der Waals surface area contributed by atoms with Crippen LogP contribution < -0.4 is 4.74 Å². The normalized spacial score (nSPS) is 16.8. The maximum atomic E-state index is 13.2. The van der Waals surface area contributed by atoms with E-state index in [0.29, 0.717) is 36.6 Å². The van der Waals surface area contributed by atoms with Gasteiger partial charge >= 0.3 is 0 Å². The number of non-ortho nitro benzene ring substituents is 1. The van der Waals surface area contributed by atoms with Crippen LogP contribution in [0, 0.1) is 10.1 Å². The summed E-state index contributed by atoms with van der Waals surface area (Å²) in [6, 6.07) is 20.6. The Labute approximate surface area is 214 Å². The molecule has 4 rings (SSSR count). The number of nitro groups is 1. The molecule has 1 fully saturated rings. The van der Waals surface area contributed by atoms with Crippen LogP contribution in [0.5, 0.6) is 11.5 Å². The van der Waals surface area contributed by atoms with Gasteiger partial charge in [0.1, 0.15) is 17.3 Å². The smallest absolute Gasteiger partial charge is 0.295 e. The minimum Gasteiger partial charge on any atom is -0.507 e. The molecular weight excluding hydrogens is 474 g/mol.